The first-order valence-electron chi connectivity index (χ1n) is 5.74. The summed E-state index contributed by atoms with van der Waals surface area (Å²) < 4.78 is 28.0. The number of rotatable bonds is 6. The first kappa shape index (κ1) is 16.3. The second-order valence-corrected chi connectivity index (χ2v) is 3.80. The van der Waals surface area contributed by atoms with E-state index in [0.717, 1.165) is 0 Å². The maximum absolute atomic E-state index is 11.9. The van der Waals surface area contributed by atoms with E-state index >= 15 is 0 Å². The van der Waals surface area contributed by atoms with E-state index in [1.54, 1.807) is 0 Å². The third-order valence-corrected chi connectivity index (χ3v) is 2.16. The number of carboxylic acids is 1. The second-order valence-electron chi connectivity index (χ2n) is 3.80. The summed E-state index contributed by atoms with van der Waals surface area (Å²) in [5, 5.41) is 12.6. The average molecular weight is 302 g/mol. The smallest absolute Gasteiger partial charge is 0.387 e. The summed E-state index contributed by atoms with van der Waals surface area (Å²) in [5.41, 5.74) is 0.250. The molecular formula is C12H12F2N2O5. The summed E-state index contributed by atoms with van der Waals surface area (Å²) in [4.78, 5) is 32.8. The van der Waals surface area contributed by atoms with Crippen molar-refractivity contribution in [1.29, 1.82) is 0 Å². The number of halogens is 2. The van der Waals surface area contributed by atoms with Crippen molar-refractivity contribution in [3.8, 4) is 5.75 Å². The van der Waals surface area contributed by atoms with Gasteiger partial charge in [-0.05, 0) is 24.3 Å². The quantitative estimate of drug-likeness (QED) is 0.743. The molecule has 0 bridgehead atoms. The molecule has 21 heavy (non-hydrogen) atoms. The summed E-state index contributed by atoms with van der Waals surface area (Å²) in [6, 6.07) is 4.19. The van der Waals surface area contributed by atoms with E-state index in [-0.39, 0.29) is 17.9 Å². The lowest BCUT2D eigenvalue weighted by atomic mass is 10.3. The molecule has 0 saturated heterocycles. The Hall–Kier alpha value is -2.71. The Balaban J connectivity index is 2.44. The van der Waals surface area contributed by atoms with E-state index in [1.165, 1.54) is 24.3 Å². The molecule has 0 radical (unpaired) electrons. The highest BCUT2D eigenvalue weighted by atomic mass is 19.3. The van der Waals surface area contributed by atoms with Crippen molar-refractivity contribution in [2.45, 2.75) is 19.5 Å². The third-order valence-electron chi connectivity index (χ3n) is 2.16. The zero-order valence-corrected chi connectivity index (χ0v) is 10.6. The Morgan fingerprint density at radius 2 is 1.76 bits per heavy atom. The standard InChI is InChI=1S/C12H12F2N2O5/c13-11(14)21-8-3-1-7(2-4-8)15-12(20)16-9(17)5-6-10(18)19/h1-4,11H,5-6H2,(H,18,19)(H2,15,16,17,20). The van der Waals surface area contributed by atoms with Crippen LogP contribution in [0.1, 0.15) is 12.8 Å². The summed E-state index contributed by atoms with van der Waals surface area (Å²) in [5.74, 6) is -1.97. The van der Waals surface area contributed by atoms with Gasteiger partial charge in [-0.15, -0.1) is 0 Å². The van der Waals surface area contributed by atoms with Gasteiger partial charge in [0.05, 0.1) is 6.42 Å². The Labute approximate surface area is 117 Å². The Bertz CT molecular complexity index is 519. The van der Waals surface area contributed by atoms with Gasteiger partial charge in [0.25, 0.3) is 0 Å². The fourth-order valence-electron chi connectivity index (χ4n) is 1.29. The van der Waals surface area contributed by atoms with Crippen LogP contribution in [0.4, 0.5) is 19.3 Å². The monoisotopic (exact) mass is 302 g/mol. The molecule has 3 amide bonds. The lowest BCUT2D eigenvalue weighted by Gasteiger charge is -2.08. The number of nitrogens with one attached hydrogen (secondary N) is 2. The topological polar surface area (TPSA) is 105 Å². The molecule has 0 spiro atoms. The summed E-state index contributed by atoms with van der Waals surface area (Å²) in [6.07, 6.45) is -0.720. The number of imide groups is 1. The maximum atomic E-state index is 11.9. The van der Waals surface area contributed by atoms with Gasteiger partial charge in [-0.3, -0.25) is 14.9 Å². The molecule has 0 aliphatic carbocycles. The number of aliphatic carboxylic acids is 1. The van der Waals surface area contributed by atoms with Crippen LogP contribution in [-0.4, -0.2) is 29.6 Å². The predicted molar refractivity (Wildman–Crippen MR) is 67.1 cm³/mol. The van der Waals surface area contributed by atoms with Crippen molar-refractivity contribution in [3.63, 3.8) is 0 Å². The fourth-order valence-corrected chi connectivity index (χ4v) is 1.29. The van der Waals surface area contributed by atoms with Crippen LogP contribution in [0.15, 0.2) is 24.3 Å². The number of anilines is 1. The number of alkyl halides is 2. The number of hydrogen-bond donors (Lipinski definition) is 3. The molecule has 0 aromatic heterocycles. The van der Waals surface area contributed by atoms with Crippen molar-refractivity contribution in [2.24, 2.45) is 0 Å². The minimum atomic E-state index is -2.95. The van der Waals surface area contributed by atoms with Gasteiger partial charge in [0.2, 0.25) is 5.91 Å². The molecule has 0 atom stereocenters. The number of ether oxygens (including phenoxy) is 1. The molecule has 0 aliphatic heterocycles. The molecule has 1 rings (SSSR count). The number of urea groups is 1. The highest BCUT2D eigenvalue weighted by molar-refractivity contribution is 6.01. The zero-order chi connectivity index (χ0) is 15.8. The van der Waals surface area contributed by atoms with Crippen molar-refractivity contribution in [2.75, 3.05) is 5.32 Å². The van der Waals surface area contributed by atoms with E-state index in [1.807, 2.05) is 5.32 Å². The van der Waals surface area contributed by atoms with Gasteiger partial charge in [0.1, 0.15) is 5.75 Å². The molecule has 1 aromatic carbocycles. The fraction of sp³-hybridized carbons (Fsp3) is 0.250. The number of carboxylic acid groups (broad SMARTS) is 1. The van der Waals surface area contributed by atoms with Gasteiger partial charge >= 0.3 is 18.6 Å². The second kappa shape index (κ2) is 7.78. The van der Waals surface area contributed by atoms with Crippen molar-refractivity contribution in [1.82, 2.24) is 5.32 Å². The van der Waals surface area contributed by atoms with Crippen LogP contribution in [0.5, 0.6) is 5.75 Å². The highest BCUT2D eigenvalue weighted by Crippen LogP contribution is 2.17. The lowest BCUT2D eigenvalue weighted by molar-refractivity contribution is -0.138. The van der Waals surface area contributed by atoms with Crippen LogP contribution in [-0.2, 0) is 9.59 Å². The van der Waals surface area contributed by atoms with Gasteiger partial charge in [0, 0.05) is 12.1 Å². The molecule has 9 heteroatoms. The Morgan fingerprint density at radius 3 is 2.29 bits per heavy atom. The van der Waals surface area contributed by atoms with Crippen LogP contribution in [0.3, 0.4) is 0 Å². The maximum Gasteiger partial charge on any atom is 0.387 e. The Morgan fingerprint density at radius 1 is 1.14 bits per heavy atom. The summed E-state index contributed by atoms with van der Waals surface area (Å²) in [6.45, 7) is -2.95. The van der Waals surface area contributed by atoms with E-state index in [4.69, 9.17) is 5.11 Å². The predicted octanol–water partition coefficient (Wildman–Crippen LogP) is 1.80. The number of carbonyl (C=O) groups is 3. The van der Waals surface area contributed by atoms with Crippen LogP contribution >= 0.6 is 0 Å². The minimum Gasteiger partial charge on any atom is -0.481 e. The van der Waals surface area contributed by atoms with Gasteiger partial charge in [-0.1, -0.05) is 0 Å². The molecule has 114 valence electrons. The van der Waals surface area contributed by atoms with Gasteiger partial charge < -0.3 is 15.2 Å². The Kier molecular flexibility index (Phi) is 6.05. The van der Waals surface area contributed by atoms with Crippen LogP contribution in [0.2, 0.25) is 0 Å². The molecule has 0 unspecified atom stereocenters. The molecule has 0 saturated carbocycles. The van der Waals surface area contributed by atoms with Gasteiger partial charge in [0.15, 0.2) is 0 Å². The van der Waals surface area contributed by atoms with Crippen molar-refractivity contribution in [3.05, 3.63) is 24.3 Å². The zero-order valence-electron chi connectivity index (χ0n) is 10.6. The SMILES string of the molecule is O=C(O)CCC(=O)NC(=O)Nc1ccc(OC(F)F)cc1. The summed E-state index contributed by atoms with van der Waals surface area (Å²) >= 11 is 0. The molecule has 7 nitrogen and oxygen atoms in total. The van der Waals surface area contributed by atoms with E-state index in [9.17, 15) is 23.2 Å². The van der Waals surface area contributed by atoms with E-state index in [2.05, 4.69) is 10.1 Å². The third kappa shape index (κ3) is 6.85. The number of benzene rings is 1. The van der Waals surface area contributed by atoms with Crippen LogP contribution in [0.25, 0.3) is 0 Å². The largest absolute Gasteiger partial charge is 0.481 e. The summed E-state index contributed by atoms with van der Waals surface area (Å²) in [7, 11) is 0. The van der Waals surface area contributed by atoms with Crippen molar-refractivity contribution >= 4 is 23.6 Å². The molecule has 1 aromatic rings. The molecule has 0 aliphatic rings. The van der Waals surface area contributed by atoms with Crippen LogP contribution in [0, 0.1) is 0 Å². The number of carbonyl (C=O) groups excluding carboxylic acids is 2. The van der Waals surface area contributed by atoms with Crippen LogP contribution < -0.4 is 15.4 Å². The number of amides is 3. The number of hydrogen-bond acceptors (Lipinski definition) is 4. The van der Waals surface area contributed by atoms with Gasteiger partial charge in [-0.25, -0.2) is 4.79 Å². The van der Waals surface area contributed by atoms with E-state index in [0.29, 0.717) is 0 Å². The molecule has 0 heterocycles. The normalized spacial score (nSPS) is 10.0. The molecule has 3 N–H and O–H groups in total. The van der Waals surface area contributed by atoms with Crippen molar-refractivity contribution < 1.29 is 33.0 Å². The first-order chi connectivity index (χ1) is 9.86. The van der Waals surface area contributed by atoms with Gasteiger partial charge in [-0.2, -0.15) is 8.78 Å². The highest BCUT2D eigenvalue weighted by Gasteiger charge is 2.10. The van der Waals surface area contributed by atoms with E-state index < -0.39 is 30.9 Å². The minimum absolute atomic E-state index is 0.0755. The first-order valence-corrected chi connectivity index (χ1v) is 5.74. The lowest BCUT2D eigenvalue weighted by Crippen LogP contribution is -2.34. The molecule has 0 fully saturated rings. The average Bonchev–Trinajstić information content (AvgIpc) is 2.38. The molecular weight excluding hydrogens is 290 g/mol.